The minimum absolute atomic E-state index is 0.182. The molecule has 4 rings (SSSR count). The number of nitrogens with one attached hydrogen (secondary N) is 1. The highest BCUT2D eigenvalue weighted by atomic mass is 32.2. The fourth-order valence-corrected chi connectivity index (χ4v) is 4.80. The van der Waals surface area contributed by atoms with Gasteiger partial charge in [0.1, 0.15) is 5.82 Å². The van der Waals surface area contributed by atoms with E-state index in [0.717, 1.165) is 28.2 Å². The number of aryl methyl sites for hydroxylation is 2. The number of anilines is 1. The van der Waals surface area contributed by atoms with E-state index >= 15 is 0 Å². The number of nitrogens with zero attached hydrogens (tertiary/aromatic N) is 3. The van der Waals surface area contributed by atoms with Crippen LogP contribution in [0.1, 0.15) is 32.9 Å². The number of hydrogen-bond donors (Lipinski definition) is 1. The zero-order chi connectivity index (χ0) is 25.0. The maximum atomic E-state index is 12.8. The largest absolute Gasteiger partial charge is 0.348 e. The number of rotatable bonds is 8. The van der Waals surface area contributed by atoms with Crippen LogP contribution in [0.5, 0.6) is 0 Å². The molecule has 0 saturated heterocycles. The van der Waals surface area contributed by atoms with Crippen LogP contribution in [0.15, 0.2) is 85.2 Å². The van der Waals surface area contributed by atoms with Crippen molar-refractivity contribution >= 4 is 21.6 Å². The number of benzene rings is 3. The molecular formula is C27H28N4O3S. The van der Waals surface area contributed by atoms with Gasteiger partial charge < -0.3 is 9.88 Å². The van der Waals surface area contributed by atoms with Gasteiger partial charge in [-0.3, -0.25) is 9.10 Å². The average Bonchev–Trinajstić information content (AvgIpc) is 3.26. The number of hydrogen-bond acceptors (Lipinski definition) is 4. The van der Waals surface area contributed by atoms with Crippen LogP contribution in [0.2, 0.25) is 0 Å². The van der Waals surface area contributed by atoms with E-state index in [-0.39, 0.29) is 12.5 Å². The highest BCUT2D eigenvalue weighted by molar-refractivity contribution is 7.92. The SMILES string of the molecule is Cc1cccc(N(Cc2ccc(C(=O)NCc3ccccc3-n3ccnc3C)cc2)S(C)(=O)=O)c1. The van der Waals surface area contributed by atoms with Crippen LogP contribution < -0.4 is 9.62 Å². The molecular weight excluding hydrogens is 460 g/mol. The van der Waals surface area contributed by atoms with Crippen molar-refractivity contribution < 1.29 is 13.2 Å². The molecule has 35 heavy (non-hydrogen) atoms. The Hall–Kier alpha value is -3.91. The van der Waals surface area contributed by atoms with Gasteiger partial charge in [-0.25, -0.2) is 13.4 Å². The number of amides is 1. The topological polar surface area (TPSA) is 84.3 Å². The van der Waals surface area contributed by atoms with E-state index < -0.39 is 10.0 Å². The third kappa shape index (κ3) is 5.78. The van der Waals surface area contributed by atoms with Crippen molar-refractivity contribution in [3.8, 4) is 5.69 Å². The minimum Gasteiger partial charge on any atom is -0.348 e. The summed E-state index contributed by atoms with van der Waals surface area (Å²) in [6.45, 7) is 4.40. The first-order valence-electron chi connectivity index (χ1n) is 11.2. The molecule has 0 radical (unpaired) electrons. The van der Waals surface area contributed by atoms with Crippen LogP contribution in [-0.2, 0) is 23.1 Å². The second-order valence-corrected chi connectivity index (χ2v) is 10.4. The molecule has 7 nitrogen and oxygen atoms in total. The van der Waals surface area contributed by atoms with E-state index in [2.05, 4.69) is 10.3 Å². The normalized spacial score (nSPS) is 11.3. The van der Waals surface area contributed by atoms with Gasteiger partial charge in [0.2, 0.25) is 10.0 Å². The summed E-state index contributed by atoms with van der Waals surface area (Å²) >= 11 is 0. The molecule has 0 aliphatic rings. The monoisotopic (exact) mass is 488 g/mol. The zero-order valence-electron chi connectivity index (χ0n) is 20.0. The van der Waals surface area contributed by atoms with Crippen molar-refractivity contribution in [3.63, 3.8) is 0 Å². The summed E-state index contributed by atoms with van der Waals surface area (Å²) in [7, 11) is -3.48. The Labute approximate surface area is 206 Å². The van der Waals surface area contributed by atoms with Gasteiger partial charge >= 0.3 is 0 Å². The molecule has 1 N–H and O–H groups in total. The number of aromatic nitrogens is 2. The molecule has 180 valence electrons. The lowest BCUT2D eigenvalue weighted by Gasteiger charge is -2.23. The van der Waals surface area contributed by atoms with Crippen molar-refractivity contribution in [2.75, 3.05) is 10.6 Å². The summed E-state index contributed by atoms with van der Waals surface area (Å²) in [6.07, 6.45) is 4.83. The quantitative estimate of drug-likeness (QED) is 0.399. The van der Waals surface area contributed by atoms with Crippen molar-refractivity contribution in [2.45, 2.75) is 26.9 Å². The molecule has 0 fully saturated rings. The molecule has 0 atom stereocenters. The third-order valence-electron chi connectivity index (χ3n) is 5.75. The molecule has 0 unspecified atom stereocenters. The Balaban J connectivity index is 1.46. The Bertz CT molecular complexity index is 1440. The van der Waals surface area contributed by atoms with Gasteiger partial charge in [-0.15, -0.1) is 0 Å². The van der Waals surface area contributed by atoms with E-state index in [0.29, 0.717) is 17.8 Å². The van der Waals surface area contributed by atoms with Gasteiger partial charge in [0.15, 0.2) is 0 Å². The molecule has 1 aromatic heterocycles. The molecule has 8 heteroatoms. The van der Waals surface area contributed by atoms with E-state index in [1.165, 1.54) is 10.6 Å². The third-order valence-corrected chi connectivity index (χ3v) is 6.89. The second kappa shape index (κ2) is 10.1. The fourth-order valence-electron chi connectivity index (χ4n) is 3.92. The van der Waals surface area contributed by atoms with Crippen LogP contribution >= 0.6 is 0 Å². The highest BCUT2D eigenvalue weighted by Crippen LogP contribution is 2.22. The van der Waals surface area contributed by atoms with Gasteiger partial charge in [-0.1, -0.05) is 42.5 Å². The number of sulfonamides is 1. The smallest absolute Gasteiger partial charge is 0.251 e. The lowest BCUT2D eigenvalue weighted by molar-refractivity contribution is 0.0951. The first kappa shape index (κ1) is 24.2. The number of carbonyl (C=O) groups is 1. The van der Waals surface area contributed by atoms with Crippen LogP contribution in [-0.4, -0.2) is 30.1 Å². The van der Waals surface area contributed by atoms with Gasteiger partial charge in [0, 0.05) is 24.5 Å². The summed E-state index contributed by atoms with van der Waals surface area (Å²) in [4.78, 5) is 17.1. The summed E-state index contributed by atoms with van der Waals surface area (Å²) in [5, 5.41) is 2.97. The van der Waals surface area contributed by atoms with Crippen molar-refractivity contribution in [2.24, 2.45) is 0 Å². The molecule has 4 aromatic rings. The van der Waals surface area contributed by atoms with Crippen molar-refractivity contribution in [1.82, 2.24) is 14.9 Å². The van der Waals surface area contributed by atoms with E-state index in [1.807, 2.05) is 67.1 Å². The second-order valence-electron chi connectivity index (χ2n) is 8.46. The van der Waals surface area contributed by atoms with E-state index in [4.69, 9.17) is 0 Å². The van der Waals surface area contributed by atoms with Gasteiger partial charge in [-0.2, -0.15) is 0 Å². The maximum Gasteiger partial charge on any atom is 0.251 e. The standard InChI is InChI=1S/C27H28N4O3S/c1-20-7-6-9-25(17-20)31(35(3,33)34)19-22-11-13-23(14-12-22)27(32)29-18-24-8-4-5-10-26(24)30-16-15-28-21(30)2/h4-17H,18-19H2,1-3H3,(H,29,32). The maximum absolute atomic E-state index is 12.8. The molecule has 0 saturated carbocycles. The lowest BCUT2D eigenvalue weighted by Crippen LogP contribution is -2.29. The average molecular weight is 489 g/mol. The molecule has 0 bridgehead atoms. The number of carbonyl (C=O) groups excluding carboxylic acids is 1. The lowest BCUT2D eigenvalue weighted by atomic mass is 10.1. The molecule has 3 aromatic carbocycles. The summed E-state index contributed by atoms with van der Waals surface area (Å²) < 4.78 is 28.2. The summed E-state index contributed by atoms with van der Waals surface area (Å²) in [6, 6.07) is 22.2. The molecule has 0 aliphatic carbocycles. The van der Waals surface area contributed by atoms with Gasteiger partial charge in [0.25, 0.3) is 5.91 Å². The van der Waals surface area contributed by atoms with Crippen molar-refractivity contribution in [1.29, 1.82) is 0 Å². The minimum atomic E-state index is -3.48. The Morgan fingerprint density at radius 3 is 2.40 bits per heavy atom. The van der Waals surface area contributed by atoms with Crippen LogP contribution in [0.25, 0.3) is 5.69 Å². The summed E-state index contributed by atoms with van der Waals surface area (Å²) in [5.41, 5.74) is 4.82. The molecule has 0 spiro atoms. The van der Waals surface area contributed by atoms with Gasteiger partial charge in [-0.05, 0) is 60.9 Å². The zero-order valence-corrected chi connectivity index (χ0v) is 20.8. The predicted molar refractivity (Wildman–Crippen MR) is 138 cm³/mol. The van der Waals surface area contributed by atoms with Crippen molar-refractivity contribution in [3.05, 3.63) is 113 Å². The fraction of sp³-hybridized carbons (Fsp3) is 0.185. The van der Waals surface area contributed by atoms with E-state index in [1.54, 1.807) is 36.5 Å². The number of imidazole rings is 1. The Morgan fingerprint density at radius 1 is 1.00 bits per heavy atom. The van der Waals surface area contributed by atoms with Gasteiger partial charge in [0.05, 0.1) is 24.2 Å². The first-order valence-corrected chi connectivity index (χ1v) is 13.1. The van der Waals surface area contributed by atoms with Crippen LogP contribution in [0, 0.1) is 13.8 Å². The predicted octanol–water partition coefficient (Wildman–Crippen LogP) is 4.39. The Kier molecular flexibility index (Phi) is 7.02. The van der Waals surface area contributed by atoms with Crippen LogP contribution in [0.3, 0.4) is 0 Å². The Morgan fingerprint density at radius 2 is 1.74 bits per heavy atom. The number of para-hydroxylation sites is 1. The molecule has 1 heterocycles. The van der Waals surface area contributed by atoms with Crippen LogP contribution in [0.4, 0.5) is 5.69 Å². The first-order chi connectivity index (χ1) is 16.7. The highest BCUT2D eigenvalue weighted by Gasteiger charge is 2.18. The molecule has 0 aliphatic heterocycles. The molecule has 1 amide bonds. The van der Waals surface area contributed by atoms with E-state index in [9.17, 15) is 13.2 Å². The summed E-state index contributed by atoms with van der Waals surface area (Å²) in [5.74, 6) is 0.667.